The molecule has 0 saturated heterocycles. The molecular formula is C20H21FN2O3. The zero-order chi connectivity index (χ0) is 18.3. The number of likely N-dealkylation sites (N-methyl/N-ethyl adjacent to an activating group) is 1. The molecule has 0 bridgehead atoms. The monoisotopic (exact) mass is 356 g/mol. The maximum absolute atomic E-state index is 13.0. The van der Waals surface area contributed by atoms with Gasteiger partial charge in [-0.1, -0.05) is 12.1 Å². The smallest absolute Gasteiger partial charge is 0.251 e. The van der Waals surface area contributed by atoms with E-state index in [1.165, 1.54) is 24.3 Å². The van der Waals surface area contributed by atoms with E-state index in [0.29, 0.717) is 12.0 Å². The molecule has 0 radical (unpaired) electrons. The molecule has 5 nitrogen and oxygen atoms in total. The molecule has 2 N–H and O–H groups in total. The molecule has 1 heterocycles. The Bertz CT molecular complexity index is 811. The number of benzene rings is 2. The number of nitrogens with one attached hydrogen (secondary N) is 1. The fraction of sp³-hybridized carbons (Fsp3) is 0.350. The van der Waals surface area contributed by atoms with Gasteiger partial charge in [-0.3, -0.25) is 4.79 Å². The lowest BCUT2D eigenvalue weighted by Crippen LogP contribution is -2.64. The lowest BCUT2D eigenvalue weighted by molar-refractivity contribution is -0.000922. The van der Waals surface area contributed by atoms with Gasteiger partial charge in [-0.25, -0.2) is 4.39 Å². The highest BCUT2D eigenvalue weighted by Crippen LogP contribution is 2.39. The van der Waals surface area contributed by atoms with Gasteiger partial charge in [0.15, 0.2) is 0 Å². The third-order valence-electron chi connectivity index (χ3n) is 5.30. The van der Waals surface area contributed by atoms with E-state index in [2.05, 4.69) is 5.32 Å². The zero-order valence-electron chi connectivity index (χ0n) is 14.4. The second-order valence-electron chi connectivity index (χ2n) is 6.88. The first-order valence-electron chi connectivity index (χ1n) is 8.77. The highest BCUT2D eigenvalue weighted by Gasteiger charge is 2.45. The van der Waals surface area contributed by atoms with Crippen molar-refractivity contribution in [3.05, 3.63) is 59.9 Å². The molecule has 4 rings (SSSR count). The maximum atomic E-state index is 13.0. The SMILES string of the molecule is CN1c2ccccc2O[C@@H]2CC[C@@H](NC(=O)c3ccc(F)cc3)[C@@H](O)[C@@H]21. The normalized spacial score (nSPS) is 27.1. The van der Waals surface area contributed by atoms with E-state index in [-0.39, 0.29) is 29.9 Å². The molecule has 1 fully saturated rings. The predicted octanol–water partition coefficient (Wildman–Crippen LogP) is 2.34. The number of rotatable bonds is 2. The zero-order valence-corrected chi connectivity index (χ0v) is 14.4. The minimum atomic E-state index is -0.767. The minimum Gasteiger partial charge on any atom is -0.486 e. The van der Waals surface area contributed by atoms with Crippen LogP contribution in [0.5, 0.6) is 5.75 Å². The van der Waals surface area contributed by atoms with Gasteiger partial charge in [-0.2, -0.15) is 0 Å². The number of hydrogen-bond donors (Lipinski definition) is 2. The van der Waals surface area contributed by atoms with Crippen molar-refractivity contribution in [3.63, 3.8) is 0 Å². The Morgan fingerprint density at radius 2 is 1.92 bits per heavy atom. The van der Waals surface area contributed by atoms with Crippen LogP contribution in [0.2, 0.25) is 0 Å². The summed E-state index contributed by atoms with van der Waals surface area (Å²) in [6.45, 7) is 0. The number of aliphatic hydroxyl groups is 1. The standard InChI is InChI=1S/C20H21FN2O3/c1-23-15-4-2-3-5-16(15)26-17-11-10-14(19(24)18(17)23)22-20(25)12-6-8-13(21)9-7-12/h2-9,14,17-19,24H,10-11H2,1H3,(H,22,25)/t14-,17-,18-,19-/m1/s1. The third-order valence-corrected chi connectivity index (χ3v) is 5.30. The number of carbonyl (C=O) groups excluding carboxylic acids is 1. The van der Waals surface area contributed by atoms with Crippen LogP contribution < -0.4 is 15.0 Å². The van der Waals surface area contributed by atoms with Crippen molar-refractivity contribution in [2.75, 3.05) is 11.9 Å². The number of para-hydroxylation sites is 2. The van der Waals surface area contributed by atoms with Crippen LogP contribution in [-0.4, -0.2) is 42.4 Å². The fourth-order valence-electron chi connectivity index (χ4n) is 3.93. The molecule has 0 spiro atoms. The molecule has 0 unspecified atom stereocenters. The van der Waals surface area contributed by atoms with Crippen molar-refractivity contribution < 1.29 is 19.0 Å². The number of hydrogen-bond acceptors (Lipinski definition) is 4. The Balaban J connectivity index is 1.51. The molecule has 1 amide bonds. The Morgan fingerprint density at radius 3 is 2.69 bits per heavy atom. The topological polar surface area (TPSA) is 61.8 Å². The van der Waals surface area contributed by atoms with E-state index in [1.807, 2.05) is 36.2 Å². The molecule has 2 aliphatic rings. The molecule has 6 heteroatoms. The van der Waals surface area contributed by atoms with Crippen molar-refractivity contribution in [2.45, 2.75) is 37.1 Å². The van der Waals surface area contributed by atoms with Gasteiger partial charge in [0.2, 0.25) is 0 Å². The Hall–Kier alpha value is -2.60. The maximum Gasteiger partial charge on any atom is 0.251 e. The van der Waals surface area contributed by atoms with E-state index in [4.69, 9.17) is 4.74 Å². The first-order chi connectivity index (χ1) is 12.5. The molecule has 1 saturated carbocycles. The van der Waals surface area contributed by atoms with Gasteiger partial charge < -0.3 is 20.1 Å². The lowest BCUT2D eigenvalue weighted by atomic mass is 9.83. The molecule has 26 heavy (non-hydrogen) atoms. The quantitative estimate of drug-likeness (QED) is 0.867. The average molecular weight is 356 g/mol. The predicted molar refractivity (Wildman–Crippen MR) is 95.9 cm³/mol. The molecule has 0 aromatic heterocycles. The number of fused-ring (bicyclic) bond motifs is 2. The van der Waals surface area contributed by atoms with Crippen molar-refractivity contribution in [3.8, 4) is 5.75 Å². The summed E-state index contributed by atoms with van der Waals surface area (Å²) >= 11 is 0. The van der Waals surface area contributed by atoms with Gasteiger partial charge in [0, 0.05) is 12.6 Å². The van der Waals surface area contributed by atoms with Crippen molar-refractivity contribution in [1.82, 2.24) is 5.32 Å². The van der Waals surface area contributed by atoms with Gasteiger partial charge >= 0.3 is 0 Å². The summed E-state index contributed by atoms with van der Waals surface area (Å²) in [4.78, 5) is 14.5. The summed E-state index contributed by atoms with van der Waals surface area (Å²) in [5.74, 6) is 0.117. The second kappa shape index (κ2) is 6.61. The van der Waals surface area contributed by atoms with Crippen LogP contribution in [0.25, 0.3) is 0 Å². The molecular weight excluding hydrogens is 335 g/mol. The highest BCUT2D eigenvalue weighted by molar-refractivity contribution is 5.94. The van der Waals surface area contributed by atoms with E-state index in [1.54, 1.807) is 0 Å². The third kappa shape index (κ3) is 2.90. The first kappa shape index (κ1) is 16.8. The van der Waals surface area contributed by atoms with E-state index < -0.39 is 6.10 Å². The summed E-state index contributed by atoms with van der Waals surface area (Å²) in [5, 5.41) is 13.8. The number of carbonyl (C=O) groups is 1. The van der Waals surface area contributed by atoms with Gasteiger partial charge in [-0.15, -0.1) is 0 Å². The average Bonchev–Trinajstić information content (AvgIpc) is 2.64. The summed E-state index contributed by atoms with van der Waals surface area (Å²) < 4.78 is 19.1. The van der Waals surface area contributed by atoms with Crippen LogP contribution >= 0.6 is 0 Å². The summed E-state index contributed by atoms with van der Waals surface area (Å²) in [6.07, 6.45) is 0.459. The summed E-state index contributed by atoms with van der Waals surface area (Å²) in [6, 6.07) is 12.5. The lowest BCUT2D eigenvalue weighted by Gasteiger charge is -2.48. The number of amides is 1. The Morgan fingerprint density at radius 1 is 1.19 bits per heavy atom. The second-order valence-corrected chi connectivity index (χ2v) is 6.88. The highest BCUT2D eigenvalue weighted by atomic mass is 19.1. The van der Waals surface area contributed by atoms with Crippen LogP contribution in [-0.2, 0) is 0 Å². The molecule has 2 aromatic carbocycles. The van der Waals surface area contributed by atoms with Crippen LogP contribution in [0.15, 0.2) is 48.5 Å². The number of anilines is 1. The molecule has 1 aliphatic carbocycles. The first-order valence-corrected chi connectivity index (χ1v) is 8.77. The summed E-state index contributed by atoms with van der Waals surface area (Å²) in [7, 11) is 1.94. The fourth-order valence-corrected chi connectivity index (χ4v) is 3.93. The number of halogens is 1. The van der Waals surface area contributed by atoms with Crippen molar-refractivity contribution in [2.24, 2.45) is 0 Å². The van der Waals surface area contributed by atoms with E-state index >= 15 is 0 Å². The van der Waals surface area contributed by atoms with Crippen molar-refractivity contribution >= 4 is 11.6 Å². The Labute approximate surface area is 151 Å². The van der Waals surface area contributed by atoms with E-state index in [0.717, 1.165) is 17.9 Å². The van der Waals surface area contributed by atoms with Gasteiger partial charge in [0.05, 0.1) is 23.9 Å². The van der Waals surface area contributed by atoms with Crippen LogP contribution in [0.1, 0.15) is 23.2 Å². The van der Waals surface area contributed by atoms with Crippen LogP contribution in [0.3, 0.4) is 0 Å². The minimum absolute atomic E-state index is 0.121. The molecule has 1 aliphatic heterocycles. The van der Waals surface area contributed by atoms with Gasteiger partial charge in [0.25, 0.3) is 5.91 Å². The van der Waals surface area contributed by atoms with Crippen LogP contribution in [0, 0.1) is 5.82 Å². The summed E-state index contributed by atoms with van der Waals surface area (Å²) in [5.41, 5.74) is 1.30. The molecule has 4 atom stereocenters. The van der Waals surface area contributed by atoms with Gasteiger partial charge in [-0.05, 0) is 49.2 Å². The molecule has 136 valence electrons. The largest absolute Gasteiger partial charge is 0.486 e. The number of ether oxygens (including phenoxy) is 1. The number of aliphatic hydroxyl groups excluding tert-OH is 1. The van der Waals surface area contributed by atoms with Crippen LogP contribution in [0.4, 0.5) is 10.1 Å². The van der Waals surface area contributed by atoms with Crippen molar-refractivity contribution in [1.29, 1.82) is 0 Å². The number of nitrogens with zero attached hydrogens (tertiary/aromatic N) is 1. The molecule has 2 aromatic rings. The Kier molecular flexibility index (Phi) is 4.28. The van der Waals surface area contributed by atoms with E-state index in [9.17, 15) is 14.3 Å². The van der Waals surface area contributed by atoms with Gasteiger partial charge in [0.1, 0.15) is 17.7 Å².